The van der Waals surface area contributed by atoms with Crippen LogP contribution in [-0.2, 0) is 11.0 Å². The molecular weight excluding hydrogens is 193 g/mol. The van der Waals surface area contributed by atoms with E-state index in [9.17, 15) is 18.0 Å². The van der Waals surface area contributed by atoms with E-state index >= 15 is 0 Å². The number of halogens is 3. The molecule has 0 bridgehead atoms. The summed E-state index contributed by atoms with van der Waals surface area (Å²) in [4.78, 5) is 9.81. The van der Waals surface area contributed by atoms with Gasteiger partial charge in [-0.1, -0.05) is 18.2 Å². The first-order valence-electron chi connectivity index (χ1n) is 3.75. The van der Waals surface area contributed by atoms with Crippen LogP contribution in [0.4, 0.5) is 13.2 Å². The minimum absolute atomic E-state index is 0.529. The summed E-state index contributed by atoms with van der Waals surface area (Å²) >= 11 is 0. The minimum Gasteiger partial charge on any atom is -0.286 e. The van der Waals surface area contributed by atoms with Crippen LogP contribution in [0.3, 0.4) is 0 Å². The first kappa shape index (κ1) is 10.5. The first-order chi connectivity index (χ1) is 6.54. The predicted molar refractivity (Wildman–Crippen MR) is 46.2 cm³/mol. The van der Waals surface area contributed by atoms with E-state index in [1.165, 1.54) is 24.5 Å². The zero-order chi connectivity index (χ0) is 10.6. The minimum atomic E-state index is -4.32. The van der Waals surface area contributed by atoms with Crippen LogP contribution in [0.15, 0.2) is 30.3 Å². The van der Waals surface area contributed by atoms with Gasteiger partial charge in [0.05, 0.1) is 5.56 Å². The third kappa shape index (κ3) is 2.73. The summed E-state index contributed by atoms with van der Waals surface area (Å²) < 4.78 is 36.3. The molecule has 0 saturated heterocycles. The van der Waals surface area contributed by atoms with Gasteiger partial charge >= 0.3 is 6.18 Å². The highest BCUT2D eigenvalue weighted by Crippen LogP contribution is 2.29. The predicted octanol–water partition coefficient (Wildman–Crippen LogP) is 2.83. The summed E-state index contributed by atoms with van der Waals surface area (Å²) in [7, 11) is 0. The van der Waals surface area contributed by atoms with Gasteiger partial charge in [-0.3, -0.25) is 4.79 Å². The molecule has 0 aliphatic rings. The van der Waals surface area contributed by atoms with Crippen LogP contribution in [0.2, 0.25) is 0 Å². The quantitative estimate of drug-likeness (QED) is 0.669. The summed E-state index contributed by atoms with van der Waals surface area (Å²) in [5.74, 6) is 0. The maximum atomic E-state index is 12.1. The molecule has 0 N–H and O–H groups in total. The van der Waals surface area contributed by atoms with Crippen molar-refractivity contribution < 1.29 is 18.0 Å². The Morgan fingerprint density at radius 3 is 2.14 bits per heavy atom. The lowest BCUT2D eigenvalue weighted by atomic mass is 10.1. The fourth-order valence-electron chi connectivity index (χ4n) is 0.913. The van der Waals surface area contributed by atoms with Gasteiger partial charge in [0.2, 0.25) is 6.29 Å². The monoisotopic (exact) mass is 199 g/mol. The highest BCUT2D eigenvalue weighted by Gasteiger charge is 2.29. The van der Waals surface area contributed by atoms with Crippen molar-refractivity contribution in [3.63, 3.8) is 0 Å². The van der Waals surface area contributed by atoms with Crippen LogP contribution in [0, 0.1) is 0 Å². The van der Waals surface area contributed by atoms with Crippen molar-refractivity contribution in [3.05, 3.63) is 41.5 Å². The topological polar surface area (TPSA) is 17.1 Å². The summed E-state index contributed by atoms with van der Waals surface area (Å²) in [6, 6.07) is 4.50. The molecule has 4 heteroatoms. The number of carbonyl (C=O) groups excluding carboxylic acids is 1. The van der Waals surface area contributed by atoms with E-state index in [0.29, 0.717) is 5.56 Å². The van der Waals surface area contributed by atoms with Crippen LogP contribution >= 0.6 is 0 Å². The molecule has 0 aliphatic heterocycles. The highest BCUT2D eigenvalue weighted by atomic mass is 19.4. The molecule has 73 valence electrons. The van der Waals surface area contributed by atoms with Gasteiger partial charge < -0.3 is 0 Å². The maximum Gasteiger partial charge on any atom is 0.416 e. The zero-order valence-electron chi connectivity index (χ0n) is 7.01. The standard InChI is InChI=1S/C10H6F3O/c11-10(12,13)9-5-3-8(4-6-9)2-1-7-14/h1-6H/b2-1+. The zero-order valence-corrected chi connectivity index (χ0v) is 7.01. The average molecular weight is 199 g/mol. The van der Waals surface area contributed by atoms with Crippen molar-refractivity contribution >= 4 is 12.4 Å². The molecule has 0 aromatic heterocycles. The van der Waals surface area contributed by atoms with Crippen LogP contribution in [-0.4, -0.2) is 6.29 Å². The van der Waals surface area contributed by atoms with E-state index in [1.807, 2.05) is 0 Å². The number of benzene rings is 1. The molecule has 0 amide bonds. The lowest BCUT2D eigenvalue weighted by Gasteiger charge is -2.05. The van der Waals surface area contributed by atoms with Gasteiger partial charge in [-0.2, -0.15) is 13.2 Å². The van der Waals surface area contributed by atoms with Gasteiger partial charge in [-0.05, 0) is 23.8 Å². The Morgan fingerprint density at radius 1 is 1.14 bits per heavy atom. The Hall–Kier alpha value is -1.58. The molecule has 0 fully saturated rings. The normalized spacial score (nSPS) is 11.9. The van der Waals surface area contributed by atoms with Crippen molar-refractivity contribution in [3.8, 4) is 0 Å². The largest absolute Gasteiger partial charge is 0.416 e. The van der Waals surface area contributed by atoms with E-state index in [2.05, 4.69) is 0 Å². The molecule has 1 radical (unpaired) electrons. The second kappa shape index (κ2) is 4.09. The fourth-order valence-corrected chi connectivity index (χ4v) is 0.913. The third-order valence-corrected chi connectivity index (χ3v) is 1.58. The molecule has 0 aliphatic carbocycles. The van der Waals surface area contributed by atoms with Gasteiger partial charge in [0.15, 0.2) is 0 Å². The molecule has 0 heterocycles. The summed E-state index contributed by atoms with van der Waals surface area (Å²) in [5.41, 5.74) is -0.175. The number of hydrogen-bond donors (Lipinski definition) is 0. The van der Waals surface area contributed by atoms with Crippen molar-refractivity contribution in [2.75, 3.05) is 0 Å². The van der Waals surface area contributed by atoms with Crippen molar-refractivity contribution in [1.82, 2.24) is 0 Å². The van der Waals surface area contributed by atoms with Crippen LogP contribution < -0.4 is 0 Å². The van der Waals surface area contributed by atoms with Gasteiger partial charge in [-0.25, -0.2) is 0 Å². The summed E-state index contributed by atoms with van der Waals surface area (Å²) in [6.07, 6.45) is -0.330. The van der Waals surface area contributed by atoms with Gasteiger partial charge in [0.1, 0.15) is 0 Å². The smallest absolute Gasteiger partial charge is 0.286 e. The van der Waals surface area contributed by atoms with E-state index in [4.69, 9.17) is 0 Å². The van der Waals surface area contributed by atoms with Crippen molar-refractivity contribution in [1.29, 1.82) is 0 Å². The molecule has 0 unspecified atom stereocenters. The second-order valence-electron chi connectivity index (χ2n) is 2.57. The average Bonchev–Trinajstić information content (AvgIpc) is 2.14. The Labute approximate surface area is 78.9 Å². The molecule has 14 heavy (non-hydrogen) atoms. The Morgan fingerprint density at radius 2 is 1.71 bits per heavy atom. The molecule has 0 spiro atoms. The number of alkyl halides is 3. The highest BCUT2D eigenvalue weighted by molar-refractivity contribution is 5.74. The number of rotatable bonds is 2. The second-order valence-corrected chi connectivity index (χ2v) is 2.57. The van der Waals surface area contributed by atoms with Crippen LogP contribution in [0.25, 0.3) is 6.08 Å². The molecule has 1 rings (SSSR count). The van der Waals surface area contributed by atoms with E-state index in [-0.39, 0.29) is 0 Å². The maximum absolute atomic E-state index is 12.1. The van der Waals surface area contributed by atoms with E-state index in [1.54, 1.807) is 0 Å². The SMILES string of the molecule is O=[C]/C=C/c1ccc(C(F)(F)F)cc1. The van der Waals surface area contributed by atoms with Gasteiger partial charge in [0.25, 0.3) is 0 Å². The molecule has 1 nitrogen and oxygen atoms in total. The van der Waals surface area contributed by atoms with Crippen LogP contribution in [0.1, 0.15) is 11.1 Å². The Kier molecular flexibility index (Phi) is 3.06. The lowest BCUT2D eigenvalue weighted by Crippen LogP contribution is -2.03. The first-order valence-corrected chi connectivity index (χ1v) is 3.75. The molecule has 0 atom stereocenters. The molecule has 0 saturated carbocycles. The summed E-state index contributed by atoms with van der Waals surface area (Å²) in [6.45, 7) is 0. The molecular formula is C10H6F3O. The molecule has 1 aromatic carbocycles. The van der Waals surface area contributed by atoms with Crippen LogP contribution in [0.5, 0.6) is 0 Å². The molecule has 1 aromatic rings. The number of hydrogen-bond acceptors (Lipinski definition) is 1. The fraction of sp³-hybridized carbons (Fsp3) is 0.100. The Bertz CT molecular complexity index is 335. The summed E-state index contributed by atoms with van der Waals surface area (Å²) in [5, 5.41) is 0. The Balaban J connectivity index is 2.89. The lowest BCUT2D eigenvalue weighted by molar-refractivity contribution is -0.137. The third-order valence-electron chi connectivity index (χ3n) is 1.58. The van der Waals surface area contributed by atoms with E-state index < -0.39 is 11.7 Å². The number of allylic oxidation sites excluding steroid dienone is 1. The van der Waals surface area contributed by atoms with Gasteiger partial charge in [-0.15, -0.1) is 0 Å². The van der Waals surface area contributed by atoms with E-state index in [0.717, 1.165) is 18.2 Å². The van der Waals surface area contributed by atoms with Crippen molar-refractivity contribution in [2.24, 2.45) is 0 Å². The van der Waals surface area contributed by atoms with Gasteiger partial charge in [0, 0.05) is 0 Å². The van der Waals surface area contributed by atoms with Crippen molar-refractivity contribution in [2.45, 2.75) is 6.18 Å².